The van der Waals surface area contributed by atoms with Crippen molar-refractivity contribution in [3.05, 3.63) is 56.9 Å². The van der Waals surface area contributed by atoms with E-state index in [9.17, 15) is 23.1 Å². The zero-order valence-electron chi connectivity index (χ0n) is 13.9. The molecule has 1 atom stereocenters. The molecule has 1 amide bonds. The second kappa shape index (κ2) is 8.44. The molecule has 5 nitrogen and oxygen atoms in total. The smallest absolute Gasteiger partial charge is 0.277 e. The van der Waals surface area contributed by atoms with Gasteiger partial charge in [-0.15, -0.1) is 0 Å². The van der Waals surface area contributed by atoms with Gasteiger partial charge in [-0.2, -0.15) is 0 Å². The van der Waals surface area contributed by atoms with Crippen LogP contribution in [0.25, 0.3) is 0 Å². The van der Waals surface area contributed by atoms with E-state index in [4.69, 9.17) is 4.84 Å². The van der Waals surface area contributed by atoms with Gasteiger partial charge >= 0.3 is 0 Å². The number of amides is 1. The first-order valence-electron chi connectivity index (χ1n) is 8.21. The zero-order chi connectivity index (χ0) is 19.6. The minimum absolute atomic E-state index is 0.0752. The predicted octanol–water partition coefficient (Wildman–Crippen LogP) is 4.23. The number of aliphatic hydroxyl groups excluding tert-OH is 1. The molecular formula is C18H16F3IN2O3. The number of rotatable bonds is 6. The summed E-state index contributed by atoms with van der Waals surface area (Å²) in [6.07, 6.45) is 1.35. The minimum atomic E-state index is -1.33. The Hall–Kier alpha value is -1.85. The van der Waals surface area contributed by atoms with Crippen molar-refractivity contribution < 1.29 is 27.9 Å². The van der Waals surface area contributed by atoms with Crippen molar-refractivity contribution >= 4 is 39.9 Å². The van der Waals surface area contributed by atoms with Crippen LogP contribution in [-0.4, -0.2) is 17.3 Å². The van der Waals surface area contributed by atoms with Crippen LogP contribution in [0.2, 0.25) is 0 Å². The molecule has 1 unspecified atom stereocenters. The van der Waals surface area contributed by atoms with Gasteiger partial charge in [-0.3, -0.25) is 4.79 Å². The first-order chi connectivity index (χ1) is 12.9. The Kier molecular flexibility index (Phi) is 6.22. The Bertz CT molecular complexity index is 862. The number of halogens is 4. The van der Waals surface area contributed by atoms with Gasteiger partial charge in [0.15, 0.2) is 17.9 Å². The molecule has 1 aliphatic carbocycles. The molecule has 1 fully saturated rings. The molecule has 0 spiro atoms. The molecule has 0 radical (unpaired) electrons. The summed E-state index contributed by atoms with van der Waals surface area (Å²) in [5, 5.41) is 12.2. The summed E-state index contributed by atoms with van der Waals surface area (Å²) in [4.78, 5) is 17.2. The number of carbonyl (C=O) groups is 1. The van der Waals surface area contributed by atoms with Crippen LogP contribution in [0.1, 0.15) is 29.6 Å². The molecule has 0 bridgehead atoms. The van der Waals surface area contributed by atoms with Crippen molar-refractivity contribution in [2.45, 2.75) is 25.6 Å². The molecule has 1 aliphatic rings. The maximum absolute atomic E-state index is 14.3. The van der Waals surface area contributed by atoms with E-state index in [-0.39, 0.29) is 17.2 Å². The van der Waals surface area contributed by atoms with E-state index in [2.05, 4.69) is 5.32 Å². The van der Waals surface area contributed by atoms with Crippen LogP contribution in [0.4, 0.5) is 24.5 Å². The van der Waals surface area contributed by atoms with Crippen molar-refractivity contribution in [1.29, 1.82) is 0 Å². The number of hydrogen-bond donors (Lipinski definition) is 3. The van der Waals surface area contributed by atoms with Crippen LogP contribution in [0, 0.1) is 26.9 Å². The first-order valence-corrected chi connectivity index (χ1v) is 9.29. The normalized spacial score (nSPS) is 15.1. The van der Waals surface area contributed by atoms with Crippen LogP contribution < -0.4 is 10.8 Å². The Morgan fingerprint density at radius 3 is 2.56 bits per heavy atom. The fourth-order valence-corrected chi connectivity index (χ4v) is 3.03. The minimum Gasteiger partial charge on any atom is -0.366 e. The summed E-state index contributed by atoms with van der Waals surface area (Å²) in [5.74, 6) is -4.20. The maximum atomic E-state index is 14.3. The van der Waals surface area contributed by atoms with Gasteiger partial charge in [0.25, 0.3) is 5.91 Å². The molecule has 1 saturated carbocycles. The highest BCUT2D eigenvalue weighted by atomic mass is 127. The fraction of sp³-hybridized carbons (Fsp3) is 0.278. The average Bonchev–Trinajstić information content (AvgIpc) is 2.57. The summed E-state index contributed by atoms with van der Waals surface area (Å²) in [6.45, 7) is 0. The molecule has 0 heterocycles. The highest BCUT2D eigenvalue weighted by Crippen LogP contribution is 2.30. The number of nitrogens with one attached hydrogen (secondary N) is 2. The van der Waals surface area contributed by atoms with Gasteiger partial charge in [0.1, 0.15) is 5.82 Å². The van der Waals surface area contributed by atoms with Crippen LogP contribution in [-0.2, 0) is 4.84 Å². The van der Waals surface area contributed by atoms with E-state index >= 15 is 0 Å². The lowest BCUT2D eigenvalue weighted by Crippen LogP contribution is -2.36. The Morgan fingerprint density at radius 2 is 1.93 bits per heavy atom. The molecular weight excluding hydrogens is 476 g/mol. The van der Waals surface area contributed by atoms with Gasteiger partial charge in [0.2, 0.25) is 0 Å². The maximum Gasteiger partial charge on any atom is 0.277 e. The van der Waals surface area contributed by atoms with Gasteiger partial charge < -0.3 is 10.4 Å². The lowest BCUT2D eigenvalue weighted by Gasteiger charge is -2.29. The van der Waals surface area contributed by atoms with Gasteiger partial charge in [-0.1, -0.05) is 6.42 Å². The molecule has 0 aromatic heterocycles. The summed E-state index contributed by atoms with van der Waals surface area (Å²) in [7, 11) is 0. The second-order valence-electron chi connectivity index (χ2n) is 6.16. The number of hydrogen-bond acceptors (Lipinski definition) is 4. The average molecular weight is 492 g/mol. The van der Waals surface area contributed by atoms with E-state index < -0.39 is 35.3 Å². The molecule has 2 aromatic carbocycles. The largest absolute Gasteiger partial charge is 0.366 e. The van der Waals surface area contributed by atoms with Crippen LogP contribution in [0.15, 0.2) is 30.3 Å². The lowest BCUT2D eigenvalue weighted by atomic mass is 9.85. The van der Waals surface area contributed by atoms with Crippen LogP contribution >= 0.6 is 22.6 Å². The predicted molar refractivity (Wildman–Crippen MR) is 101 cm³/mol. The van der Waals surface area contributed by atoms with Gasteiger partial charge in [0.05, 0.1) is 16.9 Å². The number of carbonyl (C=O) groups excluding carboxylic acids is 1. The van der Waals surface area contributed by atoms with Crippen LogP contribution in [0.3, 0.4) is 0 Å². The zero-order valence-corrected chi connectivity index (χ0v) is 16.1. The summed E-state index contributed by atoms with van der Waals surface area (Å²) >= 11 is 1.91. The van der Waals surface area contributed by atoms with E-state index in [1.807, 2.05) is 28.1 Å². The van der Waals surface area contributed by atoms with Crippen molar-refractivity contribution in [2.75, 3.05) is 5.32 Å². The van der Waals surface area contributed by atoms with Crippen molar-refractivity contribution in [3.63, 3.8) is 0 Å². The van der Waals surface area contributed by atoms with E-state index in [0.29, 0.717) is 3.57 Å². The van der Waals surface area contributed by atoms with Gasteiger partial charge in [-0.05, 0) is 65.8 Å². The molecule has 3 N–H and O–H groups in total. The van der Waals surface area contributed by atoms with Gasteiger partial charge in [0, 0.05) is 9.49 Å². The Morgan fingerprint density at radius 1 is 1.19 bits per heavy atom. The highest BCUT2D eigenvalue weighted by Gasteiger charge is 2.28. The SMILES string of the molecule is O=C(NOC(O)C1CCC1)c1ccc(F)c(F)c1Nc1ccc(I)cc1F. The summed E-state index contributed by atoms with van der Waals surface area (Å²) < 4.78 is 42.6. The molecule has 0 saturated heterocycles. The number of hydroxylamine groups is 1. The Balaban J connectivity index is 1.82. The molecule has 3 rings (SSSR count). The molecule has 9 heteroatoms. The lowest BCUT2D eigenvalue weighted by molar-refractivity contribution is -0.178. The van der Waals surface area contributed by atoms with Gasteiger partial charge in [-0.25, -0.2) is 23.5 Å². The summed E-state index contributed by atoms with van der Waals surface area (Å²) in [5.41, 5.74) is 1.08. The molecule has 27 heavy (non-hydrogen) atoms. The molecule has 144 valence electrons. The van der Waals surface area contributed by atoms with E-state index in [1.165, 1.54) is 12.1 Å². The molecule has 0 aliphatic heterocycles. The number of benzene rings is 2. The quantitative estimate of drug-likeness (QED) is 0.321. The van der Waals surface area contributed by atoms with Crippen molar-refractivity contribution in [1.82, 2.24) is 5.48 Å². The monoisotopic (exact) mass is 492 g/mol. The van der Waals surface area contributed by atoms with E-state index in [0.717, 1.165) is 31.4 Å². The van der Waals surface area contributed by atoms with Crippen LogP contribution in [0.5, 0.6) is 0 Å². The standard InChI is InChI=1S/C18H16F3IN2O3/c19-12-6-5-11(17(25)24-27-18(26)9-2-1-3-9)16(15(12)21)23-14-7-4-10(22)8-13(14)20/h4-9,18,23,26H,1-3H2,(H,24,25). The first kappa shape index (κ1) is 19.9. The van der Waals surface area contributed by atoms with E-state index in [1.54, 1.807) is 6.07 Å². The number of anilines is 2. The fourth-order valence-electron chi connectivity index (χ4n) is 2.58. The number of aliphatic hydroxyl groups is 1. The second-order valence-corrected chi connectivity index (χ2v) is 7.41. The third kappa shape index (κ3) is 4.53. The molecule has 2 aromatic rings. The summed E-state index contributed by atoms with van der Waals surface area (Å²) in [6, 6.07) is 5.95. The Labute approximate surface area is 167 Å². The highest BCUT2D eigenvalue weighted by molar-refractivity contribution is 14.1. The van der Waals surface area contributed by atoms with Crippen molar-refractivity contribution in [2.24, 2.45) is 5.92 Å². The topological polar surface area (TPSA) is 70.6 Å². The van der Waals surface area contributed by atoms with Crippen molar-refractivity contribution in [3.8, 4) is 0 Å². The third-order valence-electron chi connectivity index (χ3n) is 4.36. The third-order valence-corrected chi connectivity index (χ3v) is 5.03.